The molecule has 2 aliphatic rings. The highest BCUT2D eigenvalue weighted by atomic mass is 19.4. The van der Waals surface area contributed by atoms with Gasteiger partial charge in [-0.2, -0.15) is 18.3 Å². The summed E-state index contributed by atoms with van der Waals surface area (Å²) in [4.78, 5) is 45.1. The van der Waals surface area contributed by atoms with Crippen LogP contribution in [0.4, 0.5) is 18.0 Å². The molecule has 0 radical (unpaired) electrons. The summed E-state index contributed by atoms with van der Waals surface area (Å²) in [7, 11) is 3.06. The van der Waals surface area contributed by atoms with E-state index in [1.54, 1.807) is 10.9 Å². The van der Waals surface area contributed by atoms with Crippen LogP contribution in [0.5, 0.6) is 0 Å². The van der Waals surface area contributed by atoms with Gasteiger partial charge in [0, 0.05) is 44.0 Å². The number of alkyl halides is 3. The maximum Gasteiger partial charge on any atom is 0.471 e. The number of amidine groups is 1. The third kappa shape index (κ3) is 6.14. The summed E-state index contributed by atoms with van der Waals surface area (Å²) in [6.45, 7) is -0.583. The van der Waals surface area contributed by atoms with Gasteiger partial charge in [-0.3, -0.25) is 24.1 Å². The molecular formula is C29H29F3N6O4. The molecule has 0 N–H and O–H groups in total. The highest BCUT2D eigenvalue weighted by Gasteiger charge is 2.45. The summed E-state index contributed by atoms with van der Waals surface area (Å²) in [5.41, 5.74) is 4.54. The summed E-state index contributed by atoms with van der Waals surface area (Å²) < 4.78 is 45.4. The number of amides is 3. The average molecular weight is 583 g/mol. The Morgan fingerprint density at radius 2 is 1.55 bits per heavy atom. The summed E-state index contributed by atoms with van der Waals surface area (Å²) in [6, 6.07) is 15.4. The number of aryl methyl sites for hydroxylation is 1. The summed E-state index contributed by atoms with van der Waals surface area (Å²) >= 11 is 0. The smallest absolute Gasteiger partial charge is 0.453 e. The molecule has 1 atom stereocenters. The Kier molecular flexibility index (Phi) is 8.01. The molecule has 3 amide bonds. The highest BCUT2D eigenvalue weighted by molar-refractivity contribution is 6.09. The third-order valence-corrected chi connectivity index (χ3v) is 7.36. The van der Waals surface area contributed by atoms with Crippen molar-refractivity contribution in [3.05, 3.63) is 66.5 Å². The minimum absolute atomic E-state index is 0.0475. The van der Waals surface area contributed by atoms with E-state index in [1.807, 2.05) is 61.8 Å². The molecule has 5 rings (SSSR count). The van der Waals surface area contributed by atoms with Crippen LogP contribution in [0.2, 0.25) is 0 Å². The van der Waals surface area contributed by atoms with Crippen LogP contribution in [0.1, 0.15) is 12.0 Å². The number of nitrogens with zero attached hydrogens (tertiary/aromatic N) is 6. The zero-order chi connectivity index (χ0) is 30.0. The first-order valence-corrected chi connectivity index (χ1v) is 13.3. The SMILES string of the molecule is COC(=O)N1CN=C(c2ccc(-c3ccc(-c4cnn(C)c4)cc3)cc2)N(CC2CCN(C(=O)C(F)(F)F)C2)C(=O)C1. The van der Waals surface area contributed by atoms with E-state index in [2.05, 4.69) is 10.1 Å². The minimum atomic E-state index is -4.96. The Labute approximate surface area is 240 Å². The lowest BCUT2D eigenvalue weighted by Crippen LogP contribution is -2.45. The van der Waals surface area contributed by atoms with Crippen LogP contribution in [0, 0.1) is 5.92 Å². The Balaban J connectivity index is 1.37. The lowest BCUT2D eigenvalue weighted by atomic mass is 10.0. The molecule has 2 aliphatic heterocycles. The lowest BCUT2D eigenvalue weighted by Gasteiger charge is -2.26. The van der Waals surface area contributed by atoms with Gasteiger partial charge in [-0.15, -0.1) is 0 Å². The van der Waals surface area contributed by atoms with E-state index in [0.29, 0.717) is 17.8 Å². The molecule has 0 bridgehead atoms. The van der Waals surface area contributed by atoms with Gasteiger partial charge in [-0.25, -0.2) is 9.79 Å². The monoisotopic (exact) mass is 582 g/mol. The maximum absolute atomic E-state index is 13.4. The second kappa shape index (κ2) is 11.7. The molecule has 2 aromatic carbocycles. The normalized spacial score (nSPS) is 17.7. The lowest BCUT2D eigenvalue weighted by molar-refractivity contribution is -0.184. The predicted octanol–water partition coefficient (Wildman–Crippen LogP) is 3.78. The van der Waals surface area contributed by atoms with Crippen LogP contribution >= 0.6 is 0 Å². The number of carbonyl (C=O) groups is 3. The number of ether oxygens (including phenoxy) is 1. The van der Waals surface area contributed by atoms with Gasteiger partial charge >= 0.3 is 18.2 Å². The fraction of sp³-hybridized carbons (Fsp3) is 0.345. The van der Waals surface area contributed by atoms with Crippen LogP contribution in [-0.2, 0) is 21.4 Å². The standard InChI is InChI=1S/C29H29F3N6O4/c1-35-16-24(13-34-35)22-5-3-20(4-6-22)21-7-9-23(10-8-21)26-33-18-37(28(41)42-2)17-25(39)38(26)15-19-11-12-36(14-19)27(40)29(30,31)32/h3-10,13,16,19H,11-12,14-15,17-18H2,1-2H3. The molecule has 1 unspecified atom stereocenters. The van der Waals surface area contributed by atoms with Crippen molar-refractivity contribution in [1.29, 1.82) is 0 Å². The number of aromatic nitrogens is 2. The molecule has 1 saturated heterocycles. The molecule has 1 fully saturated rings. The molecule has 220 valence electrons. The van der Waals surface area contributed by atoms with Crippen molar-refractivity contribution in [2.75, 3.05) is 40.0 Å². The third-order valence-electron chi connectivity index (χ3n) is 7.36. The van der Waals surface area contributed by atoms with E-state index in [0.717, 1.165) is 32.1 Å². The molecular weight excluding hydrogens is 553 g/mol. The van der Waals surface area contributed by atoms with Crippen molar-refractivity contribution >= 4 is 23.7 Å². The highest BCUT2D eigenvalue weighted by Crippen LogP contribution is 2.28. The number of methoxy groups -OCH3 is 1. The second-order valence-corrected chi connectivity index (χ2v) is 10.3. The number of likely N-dealkylation sites (tertiary alicyclic amines) is 1. The zero-order valence-electron chi connectivity index (χ0n) is 23.0. The minimum Gasteiger partial charge on any atom is -0.453 e. The van der Waals surface area contributed by atoms with Crippen molar-refractivity contribution in [2.24, 2.45) is 18.0 Å². The van der Waals surface area contributed by atoms with Gasteiger partial charge < -0.3 is 9.64 Å². The topological polar surface area (TPSA) is 100 Å². The number of rotatable bonds is 5. The van der Waals surface area contributed by atoms with Crippen LogP contribution < -0.4 is 0 Å². The van der Waals surface area contributed by atoms with Gasteiger partial charge in [-0.05, 0) is 29.0 Å². The Morgan fingerprint density at radius 3 is 2.10 bits per heavy atom. The Morgan fingerprint density at radius 1 is 0.952 bits per heavy atom. The number of hydrogen-bond acceptors (Lipinski definition) is 6. The van der Waals surface area contributed by atoms with Crippen molar-refractivity contribution in [3.8, 4) is 22.3 Å². The largest absolute Gasteiger partial charge is 0.471 e. The quantitative estimate of drug-likeness (QED) is 0.456. The van der Waals surface area contributed by atoms with Crippen LogP contribution in [0.15, 0.2) is 65.9 Å². The summed E-state index contributed by atoms with van der Waals surface area (Å²) in [6.07, 6.45) is -1.65. The molecule has 0 aliphatic carbocycles. The average Bonchev–Trinajstić information content (AvgIpc) is 3.60. The molecule has 0 saturated carbocycles. The van der Waals surface area contributed by atoms with Gasteiger partial charge in [0.15, 0.2) is 0 Å². The molecule has 42 heavy (non-hydrogen) atoms. The van der Waals surface area contributed by atoms with E-state index in [-0.39, 0.29) is 32.8 Å². The van der Waals surface area contributed by atoms with Gasteiger partial charge in [-0.1, -0.05) is 48.5 Å². The van der Waals surface area contributed by atoms with E-state index < -0.39 is 30.0 Å². The number of halogens is 3. The van der Waals surface area contributed by atoms with Gasteiger partial charge in [0.05, 0.1) is 13.3 Å². The molecule has 3 heterocycles. The first kappa shape index (κ1) is 28.8. The molecule has 1 aromatic heterocycles. The Hall–Kier alpha value is -4.68. The molecule has 0 spiro atoms. The number of aliphatic imine (C=N–C) groups is 1. The number of carbonyl (C=O) groups excluding carboxylic acids is 3. The van der Waals surface area contributed by atoms with Gasteiger partial charge in [0.25, 0.3) is 0 Å². The molecule has 13 heteroatoms. The van der Waals surface area contributed by atoms with Gasteiger partial charge in [0.1, 0.15) is 19.0 Å². The zero-order valence-corrected chi connectivity index (χ0v) is 23.0. The number of hydrogen-bond donors (Lipinski definition) is 0. The van der Waals surface area contributed by atoms with Crippen molar-refractivity contribution in [3.63, 3.8) is 0 Å². The second-order valence-electron chi connectivity index (χ2n) is 10.3. The fourth-order valence-corrected chi connectivity index (χ4v) is 5.18. The summed E-state index contributed by atoms with van der Waals surface area (Å²) in [5.74, 6) is -2.44. The van der Waals surface area contributed by atoms with Crippen LogP contribution in [0.3, 0.4) is 0 Å². The molecule has 3 aromatic rings. The predicted molar refractivity (Wildman–Crippen MR) is 147 cm³/mol. The van der Waals surface area contributed by atoms with E-state index in [1.165, 1.54) is 12.0 Å². The van der Waals surface area contributed by atoms with E-state index >= 15 is 0 Å². The summed E-state index contributed by atoms with van der Waals surface area (Å²) in [5, 5.41) is 4.20. The first-order chi connectivity index (χ1) is 20.0. The van der Waals surface area contributed by atoms with Crippen LogP contribution in [0.25, 0.3) is 22.3 Å². The van der Waals surface area contributed by atoms with E-state index in [9.17, 15) is 27.6 Å². The van der Waals surface area contributed by atoms with Crippen molar-refractivity contribution in [1.82, 2.24) is 24.5 Å². The van der Waals surface area contributed by atoms with Crippen LogP contribution in [-0.4, -0.2) is 94.4 Å². The van der Waals surface area contributed by atoms with Gasteiger partial charge in [0.2, 0.25) is 5.91 Å². The maximum atomic E-state index is 13.4. The van der Waals surface area contributed by atoms with E-state index in [4.69, 9.17) is 4.74 Å². The Bertz CT molecular complexity index is 1500. The van der Waals surface area contributed by atoms with Crippen molar-refractivity contribution in [2.45, 2.75) is 12.6 Å². The number of benzene rings is 2. The first-order valence-electron chi connectivity index (χ1n) is 13.3. The fourth-order valence-electron chi connectivity index (χ4n) is 5.18. The van der Waals surface area contributed by atoms with Crippen molar-refractivity contribution < 1.29 is 32.3 Å². The molecule has 10 nitrogen and oxygen atoms in total.